The molecule has 0 saturated carbocycles. The molecule has 190 valence electrons. The molecule has 9 heteroatoms. The molecule has 1 saturated heterocycles. The highest BCUT2D eigenvalue weighted by Crippen LogP contribution is 2.21. The van der Waals surface area contributed by atoms with Crippen molar-refractivity contribution in [3.05, 3.63) is 83.3 Å². The number of rotatable bonds is 9. The van der Waals surface area contributed by atoms with E-state index >= 15 is 0 Å². The van der Waals surface area contributed by atoms with Crippen LogP contribution in [0, 0.1) is 11.7 Å². The zero-order valence-corrected chi connectivity index (χ0v) is 20.4. The van der Waals surface area contributed by atoms with Crippen molar-refractivity contribution in [3.63, 3.8) is 0 Å². The Morgan fingerprint density at radius 1 is 1.08 bits per heavy atom. The van der Waals surface area contributed by atoms with Crippen LogP contribution < -0.4 is 5.73 Å². The Kier molecular flexibility index (Phi) is 7.87. The second-order valence-corrected chi connectivity index (χ2v) is 9.10. The number of amides is 3. The summed E-state index contributed by atoms with van der Waals surface area (Å²) in [6.45, 7) is 4.30. The molecule has 3 aromatic rings. The first-order valence-corrected chi connectivity index (χ1v) is 12.2. The van der Waals surface area contributed by atoms with Gasteiger partial charge in [-0.05, 0) is 67.8 Å². The van der Waals surface area contributed by atoms with Gasteiger partial charge >= 0.3 is 0 Å². The Morgan fingerprint density at radius 3 is 2.47 bits per heavy atom. The zero-order chi connectivity index (χ0) is 25.7. The highest BCUT2D eigenvalue weighted by molar-refractivity contribution is 5.94. The van der Waals surface area contributed by atoms with Gasteiger partial charge in [0.05, 0.1) is 13.1 Å². The Bertz CT molecular complexity index is 1210. The molecule has 1 aliphatic heterocycles. The predicted octanol–water partition coefficient (Wildman–Crippen LogP) is 3.66. The fourth-order valence-electron chi connectivity index (χ4n) is 4.51. The Morgan fingerprint density at radius 2 is 1.81 bits per heavy atom. The lowest BCUT2D eigenvalue weighted by Crippen LogP contribution is -2.41. The van der Waals surface area contributed by atoms with Gasteiger partial charge in [-0.2, -0.15) is 0 Å². The van der Waals surface area contributed by atoms with Crippen LogP contribution in [-0.4, -0.2) is 51.7 Å². The van der Waals surface area contributed by atoms with Crippen LogP contribution in [-0.2, 0) is 17.9 Å². The standard InChI is InChI=1S/C27H31FN4O4/c1-2-13-32(26(34)20-5-7-21(28)8-6-20)17-22-4-3-14-31(22)18-23-9-10-24(36-23)27(35)30-15-11-19(12-16-30)25(29)33/h3-10,14,19H,2,11-13,15-18H2,1H3,(H2,29,33). The quantitative estimate of drug-likeness (QED) is 0.491. The lowest BCUT2D eigenvalue weighted by atomic mass is 9.96. The number of nitrogens with two attached hydrogens (primary N) is 1. The second-order valence-electron chi connectivity index (χ2n) is 9.10. The Balaban J connectivity index is 1.41. The first-order chi connectivity index (χ1) is 17.4. The third-order valence-corrected chi connectivity index (χ3v) is 6.53. The maximum Gasteiger partial charge on any atom is 0.289 e. The summed E-state index contributed by atoms with van der Waals surface area (Å²) in [4.78, 5) is 40.7. The number of hydrogen-bond acceptors (Lipinski definition) is 4. The molecule has 4 rings (SSSR count). The maximum absolute atomic E-state index is 13.3. The zero-order valence-electron chi connectivity index (χ0n) is 20.4. The average molecular weight is 495 g/mol. The van der Waals surface area contributed by atoms with Gasteiger partial charge in [0.1, 0.15) is 11.6 Å². The van der Waals surface area contributed by atoms with Crippen LogP contribution in [0.2, 0.25) is 0 Å². The molecule has 0 unspecified atom stereocenters. The van der Waals surface area contributed by atoms with E-state index in [9.17, 15) is 18.8 Å². The van der Waals surface area contributed by atoms with E-state index in [4.69, 9.17) is 10.2 Å². The van der Waals surface area contributed by atoms with Crippen LogP contribution in [0.25, 0.3) is 0 Å². The van der Waals surface area contributed by atoms with Gasteiger partial charge in [-0.1, -0.05) is 6.92 Å². The van der Waals surface area contributed by atoms with Gasteiger partial charge in [0.15, 0.2) is 5.76 Å². The first kappa shape index (κ1) is 25.2. The average Bonchev–Trinajstić information content (AvgIpc) is 3.53. The van der Waals surface area contributed by atoms with Crippen LogP contribution in [0.15, 0.2) is 59.1 Å². The number of furan rings is 1. The number of piperidine rings is 1. The maximum atomic E-state index is 13.3. The minimum atomic E-state index is -0.381. The molecule has 8 nitrogen and oxygen atoms in total. The largest absolute Gasteiger partial charge is 0.454 e. The van der Waals surface area contributed by atoms with Crippen molar-refractivity contribution in [2.75, 3.05) is 19.6 Å². The smallest absolute Gasteiger partial charge is 0.289 e. The van der Waals surface area contributed by atoms with E-state index in [1.807, 2.05) is 29.8 Å². The van der Waals surface area contributed by atoms with E-state index in [1.165, 1.54) is 24.3 Å². The van der Waals surface area contributed by atoms with E-state index in [-0.39, 0.29) is 35.2 Å². The number of carbonyl (C=O) groups is 3. The summed E-state index contributed by atoms with van der Waals surface area (Å²) < 4.78 is 21.1. The van der Waals surface area contributed by atoms with Crippen molar-refractivity contribution in [2.45, 2.75) is 39.3 Å². The monoisotopic (exact) mass is 494 g/mol. The molecular formula is C27H31FN4O4. The molecule has 0 radical (unpaired) electrons. The van der Waals surface area contributed by atoms with E-state index < -0.39 is 0 Å². The van der Waals surface area contributed by atoms with E-state index in [0.29, 0.717) is 56.9 Å². The fourth-order valence-corrected chi connectivity index (χ4v) is 4.51. The molecule has 3 heterocycles. The van der Waals surface area contributed by atoms with Crippen LogP contribution >= 0.6 is 0 Å². The van der Waals surface area contributed by atoms with E-state index in [0.717, 1.165) is 12.1 Å². The van der Waals surface area contributed by atoms with Crippen molar-refractivity contribution < 1.29 is 23.2 Å². The lowest BCUT2D eigenvalue weighted by Gasteiger charge is -2.29. The summed E-state index contributed by atoms with van der Waals surface area (Å²) in [6, 6.07) is 12.9. The van der Waals surface area contributed by atoms with E-state index in [2.05, 4.69) is 0 Å². The molecule has 0 aliphatic carbocycles. The van der Waals surface area contributed by atoms with Gasteiger partial charge in [0.25, 0.3) is 11.8 Å². The van der Waals surface area contributed by atoms with Gasteiger partial charge < -0.3 is 24.5 Å². The molecule has 0 bridgehead atoms. The van der Waals surface area contributed by atoms with Gasteiger partial charge in [0, 0.05) is 43.0 Å². The number of carbonyl (C=O) groups excluding carboxylic acids is 3. The van der Waals surface area contributed by atoms with Gasteiger partial charge in [-0.3, -0.25) is 14.4 Å². The number of hydrogen-bond donors (Lipinski definition) is 1. The molecule has 1 aromatic carbocycles. The van der Waals surface area contributed by atoms with Gasteiger partial charge in [-0.25, -0.2) is 4.39 Å². The Hall–Kier alpha value is -3.88. The first-order valence-electron chi connectivity index (χ1n) is 12.2. The van der Waals surface area contributed by atoms with Crippen molar-refractivity contribution in [3.8, 4) is 0 Å². The number of primary amides is 1. The number of nitrogens with zero attached hydrogens (tertiary/aromatic N) is 3. The number of likely N-dealkylation sites (tertiary alicyclic amines) is 1. The topological polar surface area (TPSA) is 102 Å². The second kappa shape index (κ2) is 11.2. The normalized spacial score (nSPS) is 14.1. The molecule has 36 heavy (non-hydrogen) atoms. The minimum absolute atomic E-state index is 0.157. The predicted molar refractivity (Wildman–Crippen MR) is 131 cm³/mol. The molecule has 0 atom stereocenters. The summed E-state index contributed by atoms with van der Waals surface area (Å²) >= 11 is 0. The summed E-state index contributed by atoms with van der Waals surface area (Å²) in [7, 11) is 0. The molecule has 0 spiro atoms. The van der Waals surface area contributed by atoms with Crippen LogP contribution in [0.4, 0.5) is 4.39 Å². The molecule has 1 fully saturated rings. The molecule has 2 aromatic heterocycles. The van der Waals surface area contributed by atoms with Crippen molar-refractivity contribution >= 4 is 17.7 Å². The van der Waals surface area contributed by atoms with Crippen LogP contribution in [0.5, 0.6) is 0 Å². The summed E-state index contributed by atoms with van der Waals surface area (Å²) in [5.41, 5.74) is 6.73. The number of aromatic nitrogens is 1. The fraction of sp³-hybridized carbons (Fsp3) is 0.370. The molecule has 3 amide bonds. The molecule has 1 aliphatic rings. The van der Waals surface area contributed by atoms with E-state index in [1.54, 1.807) is 21.9 Å². The van der Waals surface area contributed by atoms with Crippen molar-refractivity contribution in [2.24, 2.45) is 11.7 Å². The van der Waals surface area contributed by atoms with Crippen molar-refractivity contribution in [1.82, 2.24) is 14.4 Å². The third-order valence-electron chi connectivity index (χ3n) is 6.53. The molecule has 2 N–H and O–H groups in total. The highest BCUT2D eigenvalue weighted by atomic mass is 19.1. The molecular weight excluding hydrogens is 463 g/mol. The summed E-state index contributed by atoms with van der Waals surface area (Å²) in [5, 5.41) is 0. The summed E-state index contributed by atoms with van der Waals surface area (Å²) in [5.74, 6) is -0.358. The minimum Gasteiger partial charge on any atom is -0.454 e. The number of halogens is 1. The summed E-state index contributed by atoms with van der Waals surface area (Å²) in [6.07, 6.45) is 3.81. The number of benzene rings is 1. The van der Waals surface area contributed by atoms with Crippen molar-refractivity contribution in [1.29, 1.82) is 0 Å². The van der Waals surface area contributed by atoms with Gasteiger partial charge in [-0.15, -0.1) is 0 Å². The van der Waals surface area contributed by atoms with Crippen LogP contribution in [0.3, 0.4) is 0 Å². The van der Waals surface area contributed by atoms with Crippen LogP contribution in [0.1, 0.15) is 58.6 Å². The SMILES string of the molecule is CCCN(Cc1cccn1Cc1ccc(C(=O)N2CCC(C(N)=O)CC2)o1)C(=O)c1ccc(F)cc1. The lowest BCUT2D eigenvalue weighted by molar-refractivity contribution is -0.123. The Labute approximate surface area is 209 Å². The highest BCUT2D eigenvalue weighted by Gasteiger charge is 2.28. The van der Waals surface area contributed by atoms with Gasteiger partial charge in [0.2, 0.25) is 5.91 Å². The third kappa shape index (κ3) is 5.84.